The number of benzene rings is 1. The first-order chi connectivity index (χ1) is 17.6. The largest absolute Gasteiger partial charge is 0.375 e. The first-order valence-corrected chi connectivity index (χ1v) is 13.1. The molecule has 9 heteroatoms. The Morgan fingerprint density at radius 3 is 2.75 bits per heavy atom. The van der Waals surface area contributed by atoms with Gasteiger partial charge < -0.3 is 24.8 Å². The van der Waals surface area contributed by atoms with E-state index in [0.29, 0.717) is 21.9 Å². The maximum atomic E-state index is 12.0. The lowest BCUT2D eigenvalue weighted by Gasteiger charge is -2.32. The number of hydrogen-bond acceptors (Lipinski definition) is 4. The SMILES string of the molecule is COCC(=O)Nc1ccc(N2C(=S)NC(c3ccccn3)C2c2cccn2C2CCCCC2)cc1Cl. The summed E-state index contributed by atoms with van der Waals surface area (Å²) in [6.07, 6.45) is 10.2. The molecule has 1 amide bonds. The van der Waals surface area contributed by atoms with Gasteiger partial charge in [0.25, 0.3) is 0 Å². The van der Waals surface area contributed by atoms with Gasteiger partial charge in [0, 0.05) is 36.9 Å². The van der Waals surface area contributed by atoms with E-state index in [1.165, 1.54) is 44.9 Å². The fourth-order valence-corrected chi connectivity index (χ4v) is 5.92. The van der Waals surface area contributed by atoms with E-state index >= 15 is 0 Å². The monoisotopic (exact) mass is 523 g/mol. The Balaban J connectivity index is 1.54. The molecule has 0 spiro atoms. The Labute approximate surface area is 221 Å². The Kier molecular flexibility index (Phi) is 7.55. The molecule has 7 nitrogen and oxygen atoms in total. The van der Waals surface area contributed by atoms with Crippen LogP contribution < -0.4 is 15.5 Å². The lowest BCUT2D eigenvalue weighted by molar-refractivity contribution is -0.119. The van der Waals surface area contributed by atoms with Crippen molar-refractivity contribution in [2.45, 2.75) is 50.2 Å². The molecule has 1 aliphatic carbocycles. The zero-order valence-electron chi connectivity index (χ0n) is 20.2. The summed E-state index contributed by atoms with van der Waals surface area (Å²) in [6, 6.07) is 16.1. The smallest absolute Gasteiger partial charge is 0.250 e. The number of hydrogen-bond donors (Lipinski definition) is 2. The Morgan fingerprint density at radius 2 is 2.03 bits per heavy atom. The molecule has 0 radical (unpaired) electrons. The van der Waals surface area contributed by atoms with Crippen LogP contribution in [0.4, 0.5) is 11.4 Å². The van der Waals surface area contributed by atoms with Crippen molar-refractivity contribution in [3.63, 3.8) is 0 Å². The number of amides is 1. The highest BCUT2D eigenvalue weighted by Gasteiger charge is 2.42. The number of thiocarbonyl (C=S) groups is 1. The molecule has 2 unspecified atom stereocenters. The minimum Gasteiger partial charge on any atom is -0.375 e. The van der Waals surface area contributed by atoms with E-state index in [1.807, 2.05) is 36.5 Å². The van der Waals surface area contributed by atoms with E-state index in [-0.39, 0.29) is 24.6 Å². The first kappa shape index (κ1) is 24.7. The van der Waals surface area contributed by atoms with Crippen LogP contribution in [0.15, 0.2) is 60.9 Å². The van der Waals surface area contributed by atoms with Gasteiger partial charge >= 0.3 is 0 Å². The number of carbonyl (C=O) groups excluding carboxylic acids is 1. The molecule has 2 fully saturated rings. The normalized spacial score (nSPS) is 20.4. The highest BCUT2D eigenvalue weighted by atomic mass is 35.5. The second kappa shape index (κ2) is 11.0. The van der Waals surface area contributed by atoms with Gasteiger partial charge in [-0.2, -0.15) is 0 Å². The van der Waals surface area contributed by atoms with Crippen LogP contribution in [0, 0.1) is 0 Å². The van der Waals surface area contributed by atoms with Crippen LogP contribution in [0.2, 0.25) is 5.02 Å². The highest BCUT2D eigenvalue weighted by molar-refractivity contribution is 7.80. The van der Waals surface area contributed by atoms with Crippen molar-refractivity contribution in [1.29, 1.82) is 0 Å². The number of carbonyl (C=O) groups is 1. The molecule has 188 valence electrons. The van der Waals surface area contributed by atoms with Gasteiger partial charge in [-0.1, -0.05) is 36.9 Å². The van der Waals surface area contributed by atoms with Gasteiger partial charge in [0.2, 0.25) is 5.91 Å². The van der Waals surface area contributed by atoms with Crippen LogP contribution >= 0.6 is 23.8 Å². The number of nitrogens with one attached hydrogen (secondary N) is 2. The van der Waals surface area contributed by atoms with Crippen molar-refractivity contribution in [1.82, 2.24) is 14.9 Å². The fraction of sp³-hybridized carbons (Fsp3) is 0.370. The average Bonchev–Trinajstić information content (AvgIpc) is 3.51. The molecule has 1 aliphatic heterocycles. The number of nitrogens with zero attached hydrogens (tertiary/aromatic N) is 3. The van der Waals surface area contributed by atoms with Gasteiger partial charge in [-0.05, 0) is 67.5 Å². The lowest BCUT2D eigenvalue weighted by Crippen LogP contribution is -2.31. The Bertz CT molecular complexity index is 1230. The zero-order chi connectivity index (χ0) is 25.1. The molecule has 2 aromatic heterocycles. The second-order valence-electron chi connectivity index (χ2n) is 9.27. The highest BCUT2D eigenvalue weighted by Crippen LogP contribution is 2.44. The summed E-state index contributed by atoms with van der Waals surface area (Å²) in [6.45, 7) is -0.0375. The fourth-order valence-electron chi connectivity index (χ4n) is 5.36. The molecule has 2 N–H and O–H groups in total. The number of rotatable bonds is 7. The molecule has 5 rings (SSSR count). The zero-order valence-corrected chi connectivity index (χ0v) is 21.8. The van der Waals surface area contributed by atoms with Crippen LogP contribution in [0.1, 0.15) is 61.6 Å². The minimum atomic E-state index is -0.260. The Hall–Kier alpha value is -2.94. The molecule has 1 saturated heterocycles. The van der Waals surface area contributed by atoms with Crippen molar-refractivity contribution >= 4 is 46.2 Å². The maximum Gasteiger partial charge on any atom is 0.250 e. The van der Waals surface area contributed by atoms with E-state index in [1.54, 1.807) is 6.07 Å². The third kappa shape index (κ3) is 4.98. The van der Waals surface area contributed by atoms with Crippen LogP contribution in [-0.2, 0) is 9.53 Å². The quantitative estimate of drug-likeness (QED) is 0.381. The van der Waals surface area contributed by atoms with Crippen LogP contribution in [0.3, 0.4) is 0 Å². The van der Waals surface area contributed by atoms with Crippen molar-refractivity contribution in [2.24, 2.45) is 0 Å². The minimum absolute atomic E-state index is 0.0375. The van der Waals surface area contributed by atoms with Crippen molar-refractivity contribution < 1.29 is 9.53 Å². The van der Waals surface area contributed by atoms with E-state index in [4.69, 9.17) is 28.6 Å². The van der Waals surface area contributed by atoms with E-state index in [2.05, 4.69) is 43.4 Å². The predicted molar refractivity (Wildman–Crippen MR) is 146 cm³/mol. The Morgan fingerprint density at radius 1 is 1.19 bits per heavy atom. The number of methoxy groups -OCH3 is 1. The molecule has 1 saturated carbocycles. The summed E-state index contributed by atoms with van der Waals surface area (Å²) in [7, 11) is 1.48. The van der Waals surface area contributed by atoms with Gasteiger partial charge in [-0.3, -0.25) is 9.78 Å². The lowest BCUT2D eigenvalue weighted by atomic mass is 9.94. The van der Waals surface area contributed by atoms with Crippen molar-refractivity contribution in [3.8, 4) is 0 Å². The standard InChI is InChI=1S/C27H30ClN5O2S/c1-35-17-24(34)30-21-13-12-19(16-20(21)28)33-26(25(31-27(33)36)22-10-5-6-14-29-22)23-11-7-15-32(23)18-8-3-2-4-9-18/h5-7,10-16,18,25-26H,2-4,8-9,17H2,1H3,(H,30,34)(H,31,36). The van der Waals surface area contributed by atoms with Gasteiger partial charge in [-0.25, -0.2) is 0 Å². The third-order valence-corrected chi connectivity index (χ3v) is 7.59. The van der Waals surface area contributed by atoms with Crippen molar-refractivity contribution in [2.75, 3.05) is 23.9 Å². The van der Waals surface area contributed by atoms with E-state index in [0.717, 1.165) is 11.4 Å². The van der Waals surface area contributed by atoms with E-state index < -0.39 is 0 Å². The van der Waals surface area contributed by atoms with Gasteiger partial charge in [0.1, 0.15) is 12.6 Å². The van der Waals surface area contributed by atoms with Crippen LogP contribution in [0.5, 0.6) is 0 Å². The molecule has 1 aromatic carbocycles. The topological polar surface area (TPSA) is 71.4 Å². The molecular formula is C27H30ClN5O2S. The molecule has 2 atom stereocenters. The molecule has 0 bridgehead atoms. The van der Waals surface area contributed by atoms with Gasteiger partial charge in [-0.15, -0.1) is 0 Å². The number of ether oxygens (including phenoxy) is 1. The summed E-state index contributed by atoms with van der Waals surface area (Å²) >= 11 is 12.5. The predicted octanol–water partition coefficient (Wildman–Crippen LogP) is 5.80. The van der Waals surface area contributed by atoms with Gasteiger partial charge in [0.15, 0.2) is 5.11 Å². The number of anilines is 2. The first-order valence-electron chi connectivity index (χ1n) is 12.3. The molecule has 3 heterocycles. The number of halogens is 1. The maximum absolute atomic E-state index is 12.0. The summed E-state index contributed by atoms with van der Waals surface area (Å²) in [5.41, 5.74) is 3.50. The second-order valence-corrected chi connectivity index (χ2v) is 10.1. The third-order valence-electron chi connectivity index (χ3n) is 6.96. The molecule has 36 heavy (non-hydrogen) atoms. The molecule has 3 aromatic rings. The average molecular weight is 524 g/mol. The molecular weight excluding hydrogens is 494 g/mol. The summed E-state index contributed by atoms with van der Waals surface area (Å²) in [5.74, 6) is -0.260. The van der Waals surface area contributed by atoms with E-state index in [9.17, 15) is 4.79 Å². The number of aromatic nitrogens is 2. The van der Waals surface area contributed by atoms with Crippen molar-refractivity contribution in [3.05, 3.63) is 77.3 Å². The number of pyridine rings is 1. The molecule has 2 aliphatic rings. The van der Waals surface area contributed by atoms with Crippen LogP contribution in [-0.4, -0.2) is 34.3 Å². The summed E-state index contributed by atoms with van der Waals surface area (Å²) in [5, 5.41) is 7.35. The summed E-state index contributed by atoms with van der Waals surface area (Å²) < 4.78 is 7.34. The van der Waals surface area contributed by atoms with Crippen LogP contribution in [0.25, 0.3) is 0 Å². The van der Waals surface area contributed by atoms with Gasteiger partial charge in [0.05, 0.1) is 22.4 Å². The summed E-state index contributed by atoms with van der Waals surface area (Å²) in [4.78, 5) is 18.8.